The summed E-state index contributed by atoms with van der Waals surface area (Å²) in [5, 5.41) is 9.26. The Morgan fingerprint density at radius 1 is 1.64 bits per heavy atom. The quantitative estimate of drug-likeness (QED) is 0.485. The molecule has 0 saturated heterocycles. The SMILES string of the molecule is C=CCC(C=CC)C(O)OC. The molecule has 0 radical (unpaired) electrons. The van der Waals surface area contributed by atoms with Gasteiger partial charge in [-0.2, -0.15) is 0 Å². The first-order valence-corrected chi connectivity index (χ1v) is 3.70. The minimum atomic E-state index is -0.718. The molecule has 0 heterocycles. The topological polar surface area (TPSA) is 29.5 Å². The molecular weight excluding hydrogens is 140 g/mol. The minimum Gasteiger partial charge on any atom is -0.367 e. The van der Waals surface area contributed by atoms with Crippen LogP contribution in [0.5, 0.6) is 0 Å². The lowest BCUT2D eigenvalue weighted by Crippen LogP contribution is -2.19. The number of ether oxygens (including phenoxy) is 1. The lowest BCUT2D eigenvalue weighted by molar-refractivity contribution is -0.0994. The molecule has 64 valence electrons. The molecule has 0 aliphatic heterocycles. The van der Waals surface area contributed by atoms with Crippen molar-refractivity contribution in [2.75, 3.05) is 7.11 Å². The van der Waals surface area contributed by atoms with Crippen LogP contribution in [-0.2, 0) is 4.74 Å². The summed E-state index contributed by atoms with van der Waals surface area (Å²) in [6.07, 6.45) is 5.60. The second kappa shape index (κ2) is 6.13. The summed E-state index contributed by atoms with van der Waals surface area (Å²) in [4.78, 5) is 0. The zero-order valence-electron chi connectivity index (χ0n) is 7.16. The van der Waals surface area contributed by atoms with Crippen LogP contribution in [0.4, 0.5) is 0 Å². The van der Waals surface area contributed by atoms with Crippen molar-refractivity contribution in [3.63, 3.8) is 0 Å². The maximum absolute atomic E-state index is 9.26. The van der Waals surface area contributed by atoms with Crippen LogP contribution in [0.3, 0.4) is 0 Å². The van der Waals surface area contributed by atoms with Crippen molar-refractivity contribution in [3.8, 4) is 0 Å². The van der Waals surface area contributed by atoms with Crippen molar-refractivity contribution < 1.29 is 9.84 Å². The Kier molecular flexibility index (Phi) is 5.80. The van der Waals surface area contributed by atoms with Gasteiger partial charge in [-0.3, -0.25) is 0 Å². The van der Waals surface area contributed by atoms with Crippen LogP contribution in [0.1, 0.15) is 13.3 Å². The summed E-state index contributed by atoms with van der Waals surface area (Å²) < 4.78 is 4.77. The fraction of sp³-hybridized carbons (Fsp3) is 0.556. The number of aliphatic hydroxyl groups excluding tert-OH is 1. The zero-order valence-corrected chi connectivity index (χ0v) is 7.16. The summed E-state index contributed by atoms with van der Waals surface area (Å²) in [5.74, 6) is 0.0301. The van der Waals surface area contributed by atoms with E-state index in [9.17, 15) is 5.11 Å². The van der Waals surface area contributed by atoms with Crippen LogP contribution in [0.15, 0.2) is 24.8 Å². The van der Waals surface area contributed by atoms with E-state index in [0.29, 0.717) is 0 Å². The average Bonchev–Trinajstić information content (AvgIpc) is 2.03. The van der Waals surface area contributed by atoms with Crippen LogP contribution < -0.4 is 0 Å². The number of rotatable bonds is 5. The Balaban J connectivity index is 3.96. The maximum Gasteiger partial charge on any atom is 0.160 e. The molecule has 0 aliphatic carbocycles. The van der Waals surface area contributed by atoms with E-state index in [4.69, 9.17) is 4.74 Å². The normalized spacial score (nSPS) is 16.6. The Labute approximate surface area is 68.2 Å². The van der Waals surface area contributed by atoms with Gasteiger partial charge in [0, 0.05) is 13.0 Å². The highest BCUT2D eigenvalue weighted by Gasteiger charge is 2.12. The summed E-state index contributed by atoms with van der Waals surface area (Å²) in [5.41, 5.74) is 0. The zero-order chi connectivity index (χ0) is 8.69. The Morgan fingerprint density at radius 3 is 2.64 bits per heavy atom. The van der Waals surface area contributed by atoms with Crippen LogP contribution >= 0.6 is 0 Å². The van der Waals surface area contributed by atoms with Gasteiger partial charge in [0.1, 0.15) is 0 Å². The number of methoxy groups -OCH3 is 1. The van der Waals surface area contributed by atoms with Crippen LogP contribution in [0, 0.1) is 5.92 Å². The van der Waals surface area contributed by atoms with Gasteiger partial charge in [-0.1, -0.05) is 18.2 Å². The van der Waals surface area contributed by atoms with Crippen molar-refractivity contribution in [2.24, 2.45) is 5.92 Å². The summed E-state index contributed by atoms with van der Waals surface area (Å²) in [6.45, 7) is 5.51. The molecule has 0 fully saturated rings. The molecule has 2 heteroatoms. The highest BCUT2D eigenvalue weighted by molar-refractivity contribution is 4.90. The van der Waals surface area contributed by atoms with Gasteiger partial charge in [0.25, 0.3) is 0 Å². The lowest BCUT2D eigenvalue weighted by atomic mass is 10.0. The van der Waals surface area contributed by atoms with Gasteiger partial charge in [0.15, 0.2) is 6.29 Å². The van der Waals surface area contributed by atoms with E-state index in [0.717, 1.165) is 6.42 Å². The molecule has 0 saturated carbocycles. The van der Waals surface area contributed by atoms with Crippen molar-refractivity contribution in [1.82, 2.24) is 0 Å². The average molecular weight is 156 g/mol. The Bertz CT molecular complexity index is 130. The van der Waals surface area contributed by atoms with E-state index in [1.807, 2.05) is 19.1 Å². The largest absolute Gasteiger partial charge is 0.367 e. The van der Waals surface area contributed by atoms with Gasteiger partial charge in [0.05, 0.1) is 0 Å². The first kappa shape index (κ1) is 10.4. The van der Waals surface area contributed by atoms with Gasteiger partial charge in [-0.15, -0.1) is 6.58 Å². The van der Waals surface area contributed by atoms with Crippen molar-refractivity contribution in [3.05, 3.63) is 24.8 Å². The third-order valence-electron chi connectivity index (χ3n) is 1.49. The van der Waals surface area contributed by atoms with E-state index in [1.54, 1.807) is 6.08 Å². The molecule has 1 N–H and O–H groups in total. The number of aliphatic hydroxyl groups is 1. The lowest BCUT2D eigenvalue weighted by Gasteiger charge is -2.15. The maximum atomic E-state index is 9.26. The molecule has 0 bridgehead atoms. The summed E-state index contributed by atoms with van der Waals surface area (Å²) in [7, 11) is 1.49. The second-order valence-corrected chi connectivity index (χ2v) is 2.34. The Morgan fingerprint density at radius 2 is 2.27 bits per heavy atom. The molecule has 2 unspecified atom stereocenters. The smallest absolute Gasteiger partial charge is 0.160 e. The molecule has 0 aromatic rings. The molecule has 0 amide bonds. The highest BCUT2D eigenvalue weighted by Crippen LogP contribution is 2.11. The summed E-state index contributed by atoms with van der Waals surface area (Å²) >= 11 is 0. The van der Waals surface area contributed by atoms with Gasteiger partial charge < -0.3 is 9.84 Å². The first-order chi connectivity index (χ1) is 5.26. The number of hydrogen-bond acceptors (Lipinski definition) is 2. The van der Waals surface area contributed by atoms with Crippen molar-refractivity contribution in [1.29, 1.82) is 0 Å². The molecule has 0 rings (SSSR count). The van der Waals surface area contributed by atoms with Gasteiger partial charge in [-0.05, 0) is 13.3 Å². The first-order valence-electron chi connectivity index (χ1n) is 3.70. The van der Waals surface area contributed by atoms with Crippen LogP contribution in [0.25, 0.3) is 0 Å². The van der Waals surface area contributed by atoms with Crippen LogP contribution in [-0.4, -0.2) is 18.5 Å². The fourth-order valence-electron chi connectivity index (χ4n) is 0.904. The Hall–Kier alpha value is -0.600. The highest BCUT2D eigenvalue weighted by atomic mass is 16.6. The van der Waals surface area contributed by atoms with E-state index < -0.39 is 6.29 Å². The van der Waals surface area contributed by atoms with Gasteiger partial charge in [0.2, 0.25) is 0 Å². The number of allylic oxidation sites excluding steroid dienone is 2. The molecule has 11 heavy (non-hydrogen) atoms. The van der Waals surface area contributed by atoms with Crippen molar-refractivity contribution in [2.45, 2.75) is 19.6 Å². The molecule has 2 nitrogen and oxygen atoms in total. The fourth-order valence-corrected chi connectivity index (χ4v) is 0.904. The van der Waals surface area contributed by atoms with E-state index in [-0.39, 0.29) is 5.92 Å². The molecule has 0 aromatic heterocycles. The number of hydrogen-bond donors (Lipinski definition) is 1. The third kappa shape index (κ3) is 3.96. The van der Waals surface area contributed by atoms with Crippen molar-refractivity contribution >= 4 is 0 Å². The predicted octanol–water partition coefficient (Wildman–Crippen LogP) is 1.72. The molecule has 0 aliphatic rings. The third-order valence-corrected chi connectivity index (χ3v) is 1.49. The molecule has 0 aromatic carbocycles. The predicted molar refractivity (Wildman–Crippen MR) is 46.1 cm³/mol. The van der Waals surface area contributed by atoms with Gasteiger partial charge in [-0.25, -0.2) is 0 Å². The monoisotopic (exact) mass is 156 g/mol. The van der Waals surface area contributed by atoms with E-state index >= 15 is 0 Å². The molecule has 0 spiro atoms. The van der Waals surface area contributed by atoms with E-state index in [1.165, 1.54) is 7.11 Å². The molecule has 2 atom stereocenters. The molecular formula is C9H16O2. The van der Waals surface area contributed by atoms with Crippen LogP contribution in [0.2, 0.25) is 0 Å². The summed E-state index contributed by atoms with van der Waals surface area (Å²) in [6, 6.07) is 0. The van der Waals surface area contributed by atoms with Gasteiger partial charge >= 0.3 is 0 Å². The minimum absolute atomic E-state index is 0.0301. The van der Waals surface area contributed by atoms with E-state index in [2.05, 4.69) is 6.58 Å². The standard InChI is InChI=1S/C9H16O2/c1-4-6-8(7-5-2)9(10)11-3/h4-5,7-10H,1,6H2,2-3H3. The second-order valence-electron chi connectivity index (χ2n) is 2.34.